The highest BCUT2D eigenvalue weighted by Gasteiger charge is 2.42. The van der Waals surface area contributed by atoms with Crippen LogP contribution in [0.4, 0.5) is 0 Å². The minimum atomic E-state index is -0.369. The van der Waals surface area contributed by atoms with Crippen molar-refractivity contribution < 1.29 is 9.59 Å². The van der Waals surface area contributed by atoms with E-state index in [9.17, 15) is 9.59 Å². The summed E-state index contributed by atoms with van der Waals surface area (Å²) in [7, 11) is 3.63. The van der Waals surface area contributed by atoms with Crippen molar-refractivity contribution in [1.29, 1.82) is 0 Å². The molecule has 0 atom stereocenters. The van der Waals surface area contributed by atoms with E-state index in [0.717, 1.165) is 38.6 Å². The van der Waals surface area contributed by atoms with Crippen LogP contribution in [0, 0.1) is 5.41 Å². The summed E-state index contributed by atoms with van der Waals surface area (Å²) in [6.45, 7) is 4.80. The summed E-state index contributed by atoms with van der Waals surface area (Å²) < 4.78 is 0. The van der Waals surface area contributed by atoms with Crippen molar-refractivity contribution in [3.05, 3.63) is 21.9 Å². The second-order valence-electron chi connectivity index (χ2n) is 8.17. The Morgan fingerprint density at radius 1 is 1.28 bits per heavy atom. The first-order valence-corrected chi connectivity index (χ1v) is 11.4. The minimum absolute atomic E-state index is 0.0407. The molecule has 1 saturated carbocycles. The van der Waals surface area contributed by atoms with E-state index in [-0.39, 0.29) is 23.8 Å². The van der Waals surface area contributed by atoms with Crippen molar-refractivity contribution in [2.45, 2.75) is 45.6 Å². The molecule has 2 heterocycles. The Hall–Kier alpha value is -2.09. The molecule has 1 aromatic heterocycles. The van der Waals surface area contributed by atoms with Crippen molar-refractivity contribution in [3.63, 3.8) is 0 Å². The van der Waals surface area contributed by atoms with Gasteiger partial charge in [0.25, 0.3) is 0 Å². The van der Waals surface area contributed by atoms with E-state index >= 15 is 0 Å². The van der Waals surface area contributed by atoms with Gasteiger partial charge in [-0.05, 0) is 43.2 Å². The topological polar surface area (TPSA) is 77.0 Å². The average Bonchev–Trinajstić information content (AvgIpc) is 3.38. The van der Waals surface area contributed by atoms with Crippen LogP contribution < -0.4 is 10.6 Å². The number of rotatable bonds is 6. The summed E-state index contributed by atoms with van der Waals surface area (Å²) in [5.74, 6) is 0.820. The molecule has 0 radical (unpaired) electrons. The van der Waals surface area contributed by atoms with Gasteiger partial charge in [-0.2, -0.15) is 0 Å². The number of carbonyl (C=O) groups is 2. The molecule has 1 aromatic rings. The fourth-order valence-corrected chi connectivity index (χ4v) is 5.18. The van der Waals surface area contributed by atoms with Gasteiger partial charge in [-0.15, -0.1) is 11.3 Å². The van der Waals surface area contributed by atoms with Gasteiger partial charge in [0, 0.05) is 45.2 Å². The third-order valence-electron chi connectivity index (χ3n) is 5.89. The Bertz CT molecular complexity index is 752. The molecule has 160 valence electrons. The summed E-state index contributed by atoms with van der Waals surface area (Å²) in [4.78, 5) is 34.9. The van der Waals surface area contributed by atoms with Crippen molar-refractivity contribution in [3.8, 4) is 0 Å². The number of amides is 2. The normalized spacial score (nSPS) is 18.3. The maximum atomic E-state index is 12.8. The van der Waals surface area contributed by atoms with Crippen LogP contribution in [0.15, 0.2) is 16.4 Å². The number of aliphatic imine (C=N–C) groups is 1. The second-order valence-corrected chi connectivity index (χ2v) is 9.17. The summed E-state index contributed by atoms with van der Waals surface area (Å²) >= 11 is 1.77. The number of nitrogens with one attached hydrogen (secondary N) is 2. The van der Waals surface area contributed by atoms with E-state index in [0.29, 0.717) is 25.6 Å². The molecule has 8 heteroatoms. The van der Waals surface area contributed by atoms with Crippen LogP contribution in [0.2, 0.25) is 0 Å². The largest absolute Gasteiger partial charge is 0.357 e. The van der Waals surface area contributed by atoms with E-state index in [2.05, 4.69) is 27.1 Å². The molecular weight excluding hydrogens is 386 g/mol. The number of thiophene rings is 1. The number of guanidine groups is 1. The SMILES string of the molecule is CCNC(=NCC(=O)N1CCc2sccc2C1)NCC1(C(=O)N(C)C)CCCC1. The van der Waals surface area contributed by atoms with E-state index < -0.39 is 0 Å². The lowest BCUT2D eigenvalue weighted by molar-refractivity contribution is -0.139. The van der Waals surface area contributed by atoms with Crippen LogP contribution in [0.5, 0.6) is 0 Å². The Kier molecular flexibility index (Phi) is 7.16. The quantitative estimate of drug-likeness (QED) is 0.545. The lowest BCUT2D eigenvalue weighted by atomic mass is 9.84. The Morgan fingerprint density at radius 3 is 2.72 bits per heavy atom. The van der Waals surface area contributed by atoms with E-state index in [1.165, 1.54) is 10.4 Å². The van der Waals surface area contributed by atoms with Crippen molar-refractivity contribution in [2.24, 2.45) is 10.4 Å². The van der Waals surface area contributed by atoms with Gasteiger partial charge in [-0.1, -0.05) is 12.8 Å². The van der Waals surface area contributed by atoms with Crippen LogP contribution in [0.25, 0.3) is 0 Å². The molecule has 2 aliphatic rings. The molecule has 0 saturated heterocycles. The van der Waals surface area contributed by atoms with Gasteiger partial charge in [0.15, 0.2) is 5.96 Å². The fraction of sp³-hybridized carbons (Fsp3) is 0.667. The molecule has 1 fully saturated rings. The Balaban J connectivity index is 1.59. The molecule has 0 spiro atoms. The third-order valence-corrected chi connectivity index (χ3v) is 6.91. The van der Waals surface area contributed by atoms with Gasteiger partial charge < -0.3 is 20.4 Å². The lowest BCUT2D eigenvalue weighted by Gasteiger charge is -2.31. The smallest absolute Gasteiger partial charge is 0.244 e. The van der Waals surface area contributed by atoms with Crippen LogP contribution >= 0.6 is 11.3 Å². The standard InChI is InChI=1S/C21H33N5O2S/c1-4-22-20(24-15-21(9-5-6-10-21)19(28)25(2)3)23-13-18(27)26-11-7-17-16(14-26)8-12-29-17/h8,12H,4-7,9-11,13-15H2,1-3H3,(H2,22,23,24). The molecule has 29 heavy (non-hydrogen) atoms. The van der Waals surface area contributed by atoms with Crippen molar-refractivity contribution in [1.82, 2.24) is 20.4 Å². The zero-order chi connectivity index (χ0) is 20.9. The summed E-state index contributed by atoms with van der Waals surface area (Å²) in [6.07, 6.45) is 4.87. The predicted octanol–water partition coefficient (Wildman–Crippen LogP) is 1.84. The highest BCUT2D eigenvalue weighted by Crippen LogP contribution is 2.38. The fourth-order valence-electron chi connectivity index (χ4n) is 4.30. The molecule has 2 amide bonds. The first-order valence-electron chi connectivity index (χ1n) is 10.5. The maximum absolute atomic E-state index is 12.8. The van der Waals surface area contributed by atoms with E-state index in [1.807, 2.05) is 25.9 Å². The molecule has 0 aromatic carbocycles. The summed E-state index contributed by atoms with van der Waals surface area (Å²) in [5, 5.41) is 8.63. The molecule has 3 rings (SSSR count). The maximum Gasteiger partial charge on any atom is 0.244 e. The van der Waals surface area contributed by atoms with Crippen LogP contribution in [-0.4, -0.2) is 67.8 Å². The molecule has 1 aliphatic carbocycles. The lowest BCUT2D eigenvalue weighted by Crippen LogP contribution is -2.49. The number of hydrogen-bond acceptors (Lipinski definition) is 4. The zero-order valence-electron chi connectivity index (χ0n) is 17.8. The van der Waals surface area contributed by atoms with Gasteiger partial charge in [-0.25, -0.2) is 4.99 Å². The molecule has 0 unspecified atom stereocenters. The monoisotopic (exact) mass is 419 g/mol. The number of carbonyl (C=O) groups excluding carboxylic acids is 2. The van der Waals surface area contributed by atoms with E-state index in [1.54, 1.807) is 16.2 Å². The molecule has 7 nitrogen and oxygen atoms in total. The van der Waals surface area contributed by atoms with Gasteiger partial charge in [0.2, 0.25) is 11.8 Å². The Labute approximate surface area is 177 Å². The van der Waals surface area contributed by atoms with Crippen LogP contribution in [-0.2, 0) is 22.6 Å². The molecular formula is C21H33N5O2S. The minimum Gasteiger partial charge on any atom is -0.357 e. The summed E-state index contributed by atoms with van der Waals surface area (Å²) in [6, 6.07) is 2.11. The zero-order valence-corrected chi connectivity index (χ0v) is 18.6. The second kappa shape index (κ2) is 9.61. The van der Waals surface area contributed by atoms with Crippen LogP contribution in [0.3, 0.4) is 0 Å². The van der Waals surface area contributed by atoms with Gasteiger partial charge in [-0.3, -0.25) is 9.59 Å². The molecule has 2 N–H and O–H groups in total. The van der Waals surface area contributed by atoms with Gasteiger partial charge >= 0.3 is 0 Å². The predicted molar refractivity (Wildman–Crippen MR) is 117 cm³/mol. The first kappa shape index (κ1) is 21.6. The first-order chi connectivity index (χ1) is 13.9. The molecule has 0 bridgehead atoms. The van der Waals surface area contributed by atoms with Gasteiger partial charge in [0.05, 0.1) is 5.41 Å². The number of nitrogens with zero attached hydrogens (tertiary/aromatic N) is 3. The van der Waals surface area contributed by atoms with E-state index in [4.69, 9.17) is 0 Å². The van der Waals surface area contributed by atoms with Gasteiger partial charge in [0.1, 0.15) is 6.54 Å². The highest BCUT2D eigenvalue weighted by molar-refractivity contribution is 7.10. The van der Waals surface area contributed by atoms with Crippen molar-refractivity contribution >= 4 is 29.1 Å². The number of hydrogen-bond donors (Lipinski definition) is 2. The summed E-state index contributed by atoms with van der Waals surface area (Å²) in [5.41, 5.74) is 0.889. The average molecular weight is 420 g/mol. The third kappa shape index (κ3) is 5.10. The van der Waals surface area contributed by atoms with Crippen LogP contribution in [0.1, 0.15) is 43.0 Å². The highest BCUT2D eigenvalue weighted by atomic mass is 32.1. The molecule has 1 aliphatic heterocycles. The van der Waals surface area contributed by atoms with Crippen molar-refractivity contribution in [2.75, 3.05) is 40.3 Å². The Morgan fingerprint density at radius 2 is 2.03 bits per heavy atom. The number of fused-ring (bicyclic) bond motifs is 1.